The Balaban J connectivity index is 2.15. The van der Waals surface area contributed by atoms with Crippen LogP contribution in [0.5, 0.6) is 0 Å². The Hall–Kier alpha value is -2.21. The molecule has 2 N–H and O–H groups in total. The van der Waals surface area contributed by atoms with Gasteiger partial charge in [0.25, 0.3) is 0 Å². The van der Waals surface area contributed by atoms with Gasteiger partial charge in [-0.1, -0.05) is 26.0 Å². The number of para-hydroxylation sites is 1. The Morgan fingerprint density at radius 1 is 1.36 bits per heavy atom. The number of amides is 1. The average Bonchev–Trinajstić information content (AvgIpc) is 2.49. The fourth-order valence-electron chi connectivity index (χ4n) is 2.44. The molecule has 2 rings (SSSR count). The second-order valence-electron chi connectivity index (χ2n) is 5.76. The Kier molecular flexibility index (Phi) is 5.27. The average molecular weight is 303 g/mol. The zero-order chi connectivity index (χ0) is 16.1. The molecule has 0 saturated heterocycles. The molecule has 0 aliphatic heterocycles. The molecule has 0 saturated carbocycles. The Morgan fingerprint density at radius 3 is 2.77 bits per heavy atom. The third-order valence-corrected chi connectivity index (χ3v) is 3.40. The van der Waals surface area contributed by atoms with Crippen molar-refractivity contribution < 1.29 is 9.90 Å². The van der Waals surface area contributed by atoms with Crippen LogP contribution in [0.3, 0.4) is 0 Å². The number of aliphatic hydroxyl groups is 1. The molecule has 118 valence electrons. The van der Waals surface area contributed by atoms with E-state index in [1.165, 1.54) is 10.9 Å². The first kappa shape index (κ1) is 16.2. The van der Waals surface area contributed by atoms with Gasteiger partial charge < -0.3 is 10.4 Å². The molecule has 0 fully saturated rings. The Labute approximate surface area is 128 Å². The molecule has 0 aliphatic carbocycles. The molecule has 1 heterocycles. The van der Waals surface area contributed by atoms with Crippen molar-refractivity contribution >= 4 is 16.8 Å². The van der Waals surface area contributed by atoms with Crippen molar-refractivity contribution in [2.24, 2.45) is 5.92 Å². The Bertz CT molecular complexity index is 709. The minimum Gasteiger partial charge on any atom is -0.394 e. The zero-order valence-corrected chi connectivity index (χ0v) is 12.8. The smallest absolute Gasteiger partial charge is 0.242 e. The summed E-state index contributed by atoms with van der Waals surface area (Å²) < 4.78 is 1.50. The summed E-state index contributed by atoms with van der Waals surface area (Å²) in [7, 11) is 0. The van der Waals surface area contributed by atoms with E-state index in [-0.39, 0.29) is 30.5 Å². The van der Waals surface area contributed by atoms with E-state index in [0.29, 0.717) is 23.2 Å². The zero-order valence-electron chi connectivity index (χ0n) is 12.8. The molecule has 0 bridgehead atoms. The monoisotopic (exact) mass is 303 g/mol. The second kappa shape index (κ2) is 7.17. The van der Waals surface area contributed by atoms with Crippen molar-refractivity contribution in [1.82, 2.24) is 15.1 Å². The standard InChI is InChI=1S/C16H21N3O3/c1-11(2)7-12(10-20)18-16(22)9-19-14-6-4-3-5-13(14)15(21)8-17-19/h3-6,8,11-12,20H,7,9-10H2,1-2H3,(H,18,22). The van der Waals surface area contributed by atoms with Crippen LogP contribution in [0.4, 0.5) is 0 Å². The van der Waals surface area contributed by atoms with Gasteiger partial charge in [-0.3, -0.25) is 14.3 Å². The summed E-state index contributed by atoms with van der Waals surface area (Å²) in [4.78, 5) is 23.9. The quantitative estimate of drug-likeness (QED) is 0.831. The van der Waals surface area contributed by atoms with Gasteiger partial charge in [-0.2, -0.15) is 5.10 Å². The first-order chi connectivity index (χ1) is 10.5. The fraction of sp³-hybridized carbons (Fsp3) is 0.438. The van der Waals surface area contributed by atoms with E-state index in [0.717, 1.165) is 0 Å². The summed E-state index contributed by atoms with van der Waals surface area (Å²) in [5.74, 6) is 0.143. The molecule has 1 amide bonds. The summed E-state index contributed by atoms with van der Waals surface area (Å²) in [5, 5.41) is 16.7. The fourth-order valence-corrected chi connectivity index (χ4v) is 2.44. The van der Waals surface area contributed by atoms with E-state index in [1.807, 2.05) is 13.8 Å². The van der Waals surface area contributed by atoms with Crippen molar-refractivity contribution in [2.75, 3.05) is 6.61 Å². The second-order valence-corrected chi connectivity index (χ2v) is 5.76. The number of aliphatic hydroxyl groups excluding tert-OH is 1. The molecule has 22 heavy (non-hydrogen) atoms. The number of fused-ring (bicyclic) bond motifs is 1. The van der Waals surface area contributed by atoms with Crippen molar-refractivity contribution in [1.29, 1.82) is 0 Å². The molecular formula is C16H21N3O3. The highest BCUT2D eigenvalue weighted by molar-refractivity contribution is 5.81. The summed E-state index contributed by atoms with van der Waals surface area (Å²) in [6.07, 6.45) is 1.92. The Morgan fingerprint density at radius 2 is 2.09 bits per heavy atom. The van der Waals surface area contributed by atoms with Gasteiger partial charge in [-0.25, -0.2) is 0 Å². The molecular weight excluding hydrogens is 282 g/mol. The minimum absolute atomic E-state index is 0.00931. The lowest BCUT2D eigenvalue weighted by atomic mass is 10.0. The van der Waals surface area contributed by atoms with Gasteiger partial charge in [0.05, 0.1) is 24.4 Å². The topological polar surface area (TPSA) is 84.2 Å². The van der Waals surface area contributed by atoms with Crippen LogP contribution in [0.15, 0.2) is 35.3 Å². The number of aromatic nitrogens is 2. The van der Waals surface area contributed by atoms with Crippen molar-refractivity contribution in [3.63, 3.8) is 0 Å². The van der Waals surface area contributed by atoms with Crippen LogP contribution in [-0.4, -0.2) is 33.4 Å². The summed E-state index contributed by atoms with van der Waals surface area (Å²) in [6.45, 7) is 3.98. The van der Waals surface area contributed by atoms with Crippen LogP contribution in [0, 0.1) is 5.92 Å². The van der Waals surface area contributed by atoms with Crippen molar-refractivity contribution in [3.8, 4) is 0 Å². The highest BCUT2D eigenvalue weighted by Gasteiger charge is 2.14. The van der Waals surface area contributed by atoms with E-state index < -0.39 is 0 Å². The largest absolute Gasteiger partial charge is 0.394 e. The highest BCUT2D eigenvalue weighted by atomic mass is 16.3. The maximum atomic E-state index is 12.1. The number of carbonyl (C=O) groups is 1. The maximum Gasteiger partial charge on any atom is 0.242 e. The first-order valence-corrected chi connectivity index (χ1v) is 7.36. The molecule has 2 aromatic rings. The summed E-state index contributed by atoms with van der Waals surface area (Å²) >= 11 is 0. The van der Waals surface area contributed by atoms with Gasteiger partial charge >= 0.3 is 0 Å². The van der Waals surface area contributed by atoms with Crippen LogP contribution in [0.2, 0.25) is 0 Å². The van der Waals surface area contributed by atoms with Crippen LogP contribution in [0.25, 0.3) is 10.9 Å². The summed E-state index contributed by atoms with van der Waals surface area (Å²) in [6, 6.07) is 6.78. The number of rotatable bonds is 6. The predicted octanol–water partition coefficient (Wildman–Crippen LogP) is 0.920. The maximum absolute atomic E-state index is 12.1. The molecule has 0 aliphatic rings. The number of hydrogen-bond acceptors (Lipinski definition) is 4. The van der Waals surface area contributed by atoms with Crippen LogP contribution in [-0.2, 0) is 11.3 Å². The highest BCUT2D eigenvalue weighted by Crippen LogP contribution is 2.08. The molecule has 1 aromatic heterocycles. The lowest BCUT2D eigenvalue weighted by Gasteiger charge is -2.18. The number of benzene rings is 1. The number of nitrogens with one attached hydrogen (secondary N) is 1. The van der Waals surface area contributed by atoms with E-state index in [1.54, 1.807) is 24.3 Å². The molecule has 1 atom stereocenters. The number of carbonyl (C=O) groups excluding carboxylic acids is 1. The van der Waals surface area contributed by atoms with E-state index in [2.05, 4.69) is 10.4 Å². The lowest BCUT2D eigenvalue weighted by Crippen LogP contribution is -2.40. The molecule has 0 radical (unpaired) electrons. The van der Waals surface area contributed by atoms with E-state index in [4.69, 9.17) is 0 Å². The van der Waals surface area contributed by atoms with Crippen molar-refractivity contribution in [2.45, 2.75) is 32.9 Å². The number of nitrogens with zero attached hydrogens (tertiary/aromatic N) is 2. The molecule has 6 heteroatoms. The van der Waals surface area contributed by atoms with E-state index in [9.17, 15) is 14.7 Å². The normalized spacial score (nSPS) is 12.5. The third kappa shape index (κ3) is 3.92. The third-order valence-electron chi connectivity index (χ3n) is 3.40. The van der Waals surface area contributed by atoms with E-state index >= 15 is 0 Å². The predicted molar refractivity (Wildman–Crippen MR) is 84.5 cm³/mol. The van der Waals surface area contributed by atoms with Crippen LogP contribution < -0.4 is 10.7 Å². The van der Waals surface area contributed by atoms with Gasteiger partial charge in [0.15, 0.2) is 0 Å². The molecule has 0 spiro atoms. The van der Waals surface area contributed by atoms with Gasteiger partial charge in [-0.05, 0) is 24.5 Å². The molecule has 1 unspecified atom stereocenters. The minimum atomic E-state index is -0.266. The van der Waals surface area contributed by atoms with Gasteiger partial charge in [0.1, 0.15) is 6.54 Å². The SMILES string of the molecule is CC(C)CC(CO)NC(=O)Cn1ncc(=O)c2ccccc21. The van der Waals surface area contributed by atoms with Crippen LogP contribution in [0.1, 0.15) is 20.3 Å². The van der Waals surface area contributed by atoms with Crippen molar-refractivity contribution in [3.05, 3.63) is 40.7 Å². The first-order valence-electron chi connectivity index (χ1n) is 7.36. The van der Waals surface area contributed by atoms with Crippen LogP contribution >= 0.6 is 0 Å². The molecule has 1 aromatic carbocycles. The van der Waals surface area contributed by atoms with Gasteiger partial charge in [-0.15, -0.1) is 0 Å². The number of hydrogen-bond donors (Lipinski definition) is 2. The lowest BCUT2D eigenvalue weighted by molar-refractivity contribution is -0.122. The molecule has 6 nitrogen and oxygen atoms in total. The van der Waals surface area contributed by atoms with Gasteiger partial charge in [0, 0.05) is 5.39 Å². The summed E-state index contributed by atoms with van der Waals surface area (Å²) in [5.41, 5.74) is 0.454. The van der Waals surface area contributed by atoms with Gasteiger partial charge in [0.2, 0.25) is 11.3 Å².